The number of rotatable bonds is 4. The SMILES string of the molecule is O=C1CCC(Cn2nnc(C(=O)O)c2C2CCNCC2)N1. The van der Waals surface area contributed by atoms with Crippen LogP contribution >= 0.6 is 0 Å². The summed E-state index contributed by atoms with van der Waals surface area (Å²) >= 11 is 0. The van der Waals surface area contributed by atoms with E-state index in [-0.39, 0.29) is 23.6 Å². The summed E-state index contributed by atoms with van der Waals surface area (Å²) < 4.78 is 1.68. The molecule has 0 saturated carbocycles. The molecule has 0 spiro atoms. The van der Waals surface area contributed by atoms with Crippen LogP contribution in [0.5, 0.6) is 0 Å². The van der Waals surface area contributed by atoms with Crippen molar-refractivity contribution in [3.63, 3.8) is 0 Å². The van der Waals surface area contributed by atoms with Gasteiger partial charge in [0.25, 0.3) is 0 Å². The number of nitrogens with one attached hydrogen (secondary N) is 2. The summed E-state index contributed by atoms with van der Waals surface area (Å²) in [6, 6.07) is 0.0151. The van der Waals surface area contributed by atoms with Gasteiger partial charge in [-0.05, 0) is 32.4 Å². The number of carbonyl (C=O) groups excluding carboxylic acids is 1. The van der Waals surface area contributed by atoms with E-state index in [4.69, 9.17) is 0 Å². The Labute approximate surface area is 121 Å². The molecular formula is C13H19N5O3. The Kier molecular flexibility index (Phi) is 3.87. The molecule has 0 aliphatic carbocycles. The highest BCUT2D eigenvalue weighted by molar-refractivity contribution is 5.86. The highest BCUT2D eigenvalue weighted by Gasteiger charge is 2.30. The third-order valence-electron chi connectivity index (χ3n) is 4.18. The molecule has 114 valence electrons. The Morgan fingerprint density at radius 3 is 2.71 bits per heavy atom. The van der Waals surface area contributed by atoms with E-state index in [1.807, 2.05) is 0 Å². The normalized spacial score (nSPS) is 23.2. The minimum atomic E-state index is -1.04. The molecule has 0 bridgehead atoms. The van der Waals surface area contributed by atoms with Crippen LogP contribution in [0.1, 0.15) is 47.8 Å². The zero-order valence-corrected chi connectivity index (χ0v) is 11.7. The lowest BCUT2D eigenvalue weighted by Crippen LogP contribution is -2.33. The molecule has 2 fully saturated rings. The molecule has 1 unspecified atom stereocenters. The highest BCUT2D eigenvalue weighted by atomic mass is 16.4. The van der Waals surface area contributed by atoms with Crippen LogP contribution in [0.3, 0.4) is 0 Å². The van der Waals surface area contributed by atoms with Crippen molar-refractivity contribution in [3.8, 4) is 0 Å². The lowest BCUT2D eigenvalue weighted by molar-refractivity contribution is -0.119. The van der Waals surface area contributed by atoms with Gasteiger partial charge >= 0.3 is 5.97 Å². The second kappa shape index (κ2) is 5.80. The topological polar surface area (TPSA) is 109 Å². The van der Waals surface area contributed by atoms with Crippen molar-refractivity contribution < 1.29 is 14.7 Å². The number of aromatic carboxylic acids is 1. The predicted molar refractivity (Wildman–Crippen MR) is 73.0 cm³/mol. The molecule has 21 heavy (non-hydrogen) atoms. The van der Waals surface area contributed by atoms with Gasteiger partial charge in [-0.1, -0.05) is 5.21 Å². The van der Waals surface area contributed by atoms with Gasteiger partial charge in [0.2, 0.25) is 5.91 Å². The van der Waals surface area contributed by atoms with Crippen LogP contribution in [0, 0.1) is 0 Å². The molecule has 2 aliphatic heterocycles. The first-order valence-corrected chi connectivity index (χ1v) is 7.32. The summed E-state index contributed by atoms with van der Waals surface area (Å²) in [6.07, 6.45) is 3.04. The quantitative estimate of drug-likeness (QED) is 0.704. The average Bonchev–Trinajstić information content (AvgIpc) is 3.07. The summed E-state index contributed by atoms with van der Waals surface area (Å²) in [5, 5.41) is 23.3. The van der Waals surface area contributed by atoms with Gasteiger partial charge in [-0.2, -0.15) is 0 Å². The first kappa shape index (κ1) is 14.0. The van der Waals surface area contributed by atoms with Crippen LogP contribution in [0.2, 0.25) is 0 Å². The van der Waals surface area contributed by atoms with Gasteiger partial charge in [-0.3, -0.25) is 4.79 Å². The average molecular weight is 293 g/mol. The molecule has 3 rings (SSSR count). The summed E-state index contributed by atoms with van der Waals surface area (Å²) in [7, 11) is 0. The number of carboxylic acid groups (broad SMARTS) is 1. The van der Waals surface area contributed by atoms with Crippen LogP contribution < -0.4 is 10.6 Å². The standard InChI is InChI=1S/C13H19N5O3/c19-10-2-1-9(15-10)7-18-12(8-3-5-14-6-4-8)11(13(20)21)16-17-18/h8-9,14H,1-7H2,(H,15,19)(H,20,21). The molecule has 1 atom stereocenters. The van der Waals surface area contributed by atoms with Gasteiger partial charge < -0.3 is 15.7 Å². The third kappa shape index (κ3) is 2.90. The van der Waals surface area contributed by atoms with E-state index in [2.05, 4.69) is 20.9 Å². The van der Waals surface area contributed by atoms with Crippen LogP contribution in [-0.2, 0) is 11.3 Å². The van der Waals surface area contributed by atoms with Crippen molar-refractivity contribution in [2.24, 2.45) is 0 Å². The number of carboxylic acids is 1. The number of carbonyl (C=O) groups is 2. The molecule has 0 radical (unpaired) electrons. The van der Waals surface area contributed by atoms with Gasteiger partial charge in [-0.15, -0.1) is 5.10 Å². The van der Waals surface area contributed by atoms with Gasteiger partial charge in [0.15, 0.2) is 5.69 Å². The fourth-order valence-corrected chi connectivity index (χ4v) is 3.13. The minimum Gasteiger partial charge on any atom is -0.476 e. The first-order valence-electron chi connectivity index (χ1n) is 7.32. The van der Waals surface area contributed by atoms with Gasteiger partial charge in [0.05, 0.1) is 12.2 Å². The Morgan fingerprint density at radius 2 is 2.10 bits per heavy atom. The van der Waals surface area contributed by atoms with Crippen molar-refractivity contribution in [2.45, 2.75) is 44.2 Å². The molecule has 2 aliphatic rings. The van der Waals surface area contributed by atoms with Gasteiger partial charge in [0, 0.05) is 18.4 Å². The van der Waals surface area contributed by atoms with E-state index in [9.17, 15) is 14.7 Å². The lowest BCUT2D eigenvalue weighted by atomic mass is 9.93. The fourth-order valence-electron chi connectivity index (χ4n) is 3.13. The lowest BCUT2D eigenvalue weighted by Gasteiger charge is -2.24. The molecule has 2 saturated heterocycles. The summed E-state index contributed by atoms with van der Waals surface area (Å²) in [5.74, 6) is -0.836. The van der Waals surface area contributed by atoms with Gasteiger partial charge in [-0.25, -0.2) is 9.48 Å². The molecule has 1 amide bonds. The summed E-state index contributed by atoms with van der Waals surface area (Å²) in [4.78, 5) is 22.7. The predicted octanol–water partition coefficient (Wildman–Crippen LogP) is -0.278. The second-order valence-corrected chi connectivity index (χ2v) is 5.64. The maximum atomic E-state index is 11.4. The fraction of sp³-hybridized carbons (Fsp3) is 0.692. The van der Waals surface area contributed by atoms with Crippen LogP contribution in [0.15, 0.2) is 0 Å². The number of hydrogen-bond acceptors (Lipinski definition) is 5. The first-order chi connectivity index (χ1) is 10.1. The number of aromatic nitrogens is 3. The van der Waals surface area contributed by atoms with Crippen LogP contribution in [0.25, 0.3) is 0 Å². The maximum Gasteiger partial charge on any atom is 0.358 e. The zero-order valence-electron chi connectivity index (χ0n) is 11.7. The third-order valence-corrected chi connectivity index (χ3v) is 4.18. The van der Waals surface area contributed by atoms with Crippen molar-refractivity contribution in [3.05, 3.63) is 11.4 Å². The molecule has 3 N–H and O–H groups in total. The number of piperidine rings is 1. The summed E-state index contributed by atoms with van der Waals surface area (Å²) in [6.45, 7) is 2.23. The van der Waals surface area contributed by atoms with E-state index in [0.29, 0.717) is 18.7 Å². The molecular weight excluding hydrogens is 274 g/mol. The van der Waals surface area contributed by atoms with Crippen LogP contribution in [0.4, 0.5) is 0 Å². The van der Waals surface area contributed by atoms with Crippen LogP contribution in [-0.4, -0.2) is 51.1 Å². The number of nitrogens with zero attached hydrogens (tertiary/aromatic N) is 3. The molecule has 3 heterocycles. The molecule has 1 aromatic heterocycles. The van der Waals surface area contributed by atoms with Crippen molar-refractivity contribution >= 4 is 11.9 Å². The Hall–Kier alpha value is -1.96. The number of amides is 1. The smallest absolute Gasteiger partial charge is 0.358 e. The Bertz CT molecular complexity index is 550. The van der Waals surface area contributed by atoms with E-state index >= 15 is 0 Å². The van der Waals surface area contributed by atoms with E-state index < -0.39 is 5.97 Å². The van der Waals surface area contributed by atoms with Crippen molar-refractivity contribution in [2.75, 3.05) is 13.1 Å². The molecule has 0 aromatic carbocycles. The largest absolute Gasteiger partial charge is 0.476 e. The summed E-state index contributed by atoms with van der Waals surface area (Å²) in [5.41, 5.74) is 0.747. The maximum absolute atomic E-state index is 11.4. The second-order valence-electron chi connectivity index (χ2n) is 5.64. The Balaban J connectivity index is 1.85. The molecule has 8 heteroatoms. The van der Waals surface area contributed by atoms with Crippen molar-refractivity contribution in [1.29, 1.82) is 0 Å². The molecule has 1 aromatic rings. The van der Waals surface area contributed by atoms with E-state index in [1.54, 1.807) is 4.68 Å². The monoisotopic (exact) mass is 293 g/mol. The molecule has 8 nitrogen and oxygen atoms in total. The van der Waals surface area contributed by atoms with Crippen molar-refractivity contribution in [1.82, 2.24) is 25.6 Å². The van der Waals surface area contributed by atoms with E-state index in [1.165, 1.54) is 0 Å². The van der Waals surface area contributed by atoms with E-state index in [0.717, 1.165) is 32.4 Å². The Morgan fingerprint density at radius 1 is 1.33 bits per heavy atom. The van der Waals surface area contributed by atoms with Gasteiger partial charge in [0.1, 0.15) is 0 Å². The minimum absolute atomic E-state index is 0.0151. The highest BCUT2D eigenvalue weighted by Crippen LogP contribution is 2.27. The number of hydrogen-bond donors (Lipinski definition) is 3. The zero-order chi connectivity index (χ0) is 14.8.